The molecular formula is C22H20F3N3O4. The summed E-state index contributed by atoms with van der Waals surface area (Å²) in [7, 11) is 0. The number of alkyl halides is 3. The third kappa shape index (κ3) is 3.53. The van der Waals surface area contributed by atoms with E-state index in [0.717, 1.165) is 6.07 Å². The number of fused-ring (bicyclic) bond motifs is 1. The van der Waals surface area contributed by atoms with Gasteiger partial charge in [0.25, 0.3) is 11.6 Å². The van der Waals surface area contributed by atoms with E-state index in [1.54, 1.807) is 11.8 Å². The Kier molecular flexibility index (Phi) is 4.94. The molecule has 1 amide bonds. The van der Waals surface area contributed by atoms with E-state index in [-0.39, 0.29) is 28.4 Å². The van der Waals surface area contributed by atoms with Gasteiger partial charge in [0.2, 0.25) is 0 Å². The zero-order chi connectivity index (χ0) is 22.5. The second-order valence-corrected chi connectivity index (χ2v) is 7.95. The molecule has 3 aromatic rings. The lowest BCUT2D eigenvalue weighted by Crippen LogP contribution is -2.47. The van der Waals surface area contributed by atoms with Crippen molar-refractivity contribution in [3.05, 3.63) is 47.2 Å². The number of rotatable bonds is 2. The van der Waals surface area contributed by atoms with Gasteiger partial charge in [-0.05, 0) is 19.1 Å². The number of benzene rings is 1. The molecule has 2 aliphatic rings. The summed E-state index contributed by atoms with van der Waals surface area (Å²) in [6.45, 7) is 3.53. The number of hydrogen-bond donors (Lipinski definition) is 0. The lowest BCUT2D eigenvalue weighted by Gasteiger charge is -2.37. The number of carbonyl (C=O) groups is 1. The fraction of sp³-hybridized carbons (Fsp3) is 0.409. The van der Waals surface area contributed by atoms with Gasteiger partial charge >= 0.3 is 6.18 Å². The van der Waals surface area contributed by atoms with Crippen molar-refractivity contribution < 1.29 is 32.0 Å². The molecule has 2 aliphatic heterocycles. The van der Waals surface area contributed by atoms with Crippen LogP contribution in [-0.2, 0) is 15.7 Å². The molecule has 2 saturated heterocycles. The molecule has 0 radical (unpaired) electrons. The molecule has 7 nitrogen and oxygen atoms in total. The molecule has 0 bridgehead atoms. The summed E-state index contributed by atoms with van der Waals surface area (Å²) in [6, 6.07) is 6.52. The predicted molar refractivity (Wildman–Crippen MR) is 107 cm³/mol. The number of aryl methyl sites for hydroxylation is 1. The van der Waals surface area contributed by atoms with Gasteiger partial charge in [-0.15, -0.1) is 0 Å². The number of halogens is 3. The SMILES string of the molecule is Cc1noc2nc(-c3ccccc3C(F)(F)F)cc(C(=O)N3CCC4(CC3)OCCO4)c12. The zero-order valence-electron chi connectivity index (χ0n) is 17.2. The van der Waals surface area contributed by atoms with Gasteiger partial charge in [0.05, 0.1) is 41.1 Å². The van der Waals surface area contributed by atoms with Crippen LogP contribution in [0.2, 0.25) is 0 Å². The van der Waals surface area contributed by atoms with Crippen molar-refractivity contribution in [3.8, 4) is 11.3 Å². The number of ether oxygens (including phenoxy) is 2. The molecule has 2 aromatic heterocycles. The normalized spacial score (nSPS) is 18.6. The quantitative estimate of drug-likeness (QED) is 0.586. The molecular weight excluding hydrogens is 427 g/mol. The van der Waals surface area contributed by atoms with Crippen LogP contribution in [0.5, 0.6) is 0 Å². The van der Waals surface area contributed by atoms with Crippen molar-refractivity contribution in [1.29, 1.82) is 0 Å². The highest BCUT2D eigenvalue weighted by Gasteiger charge is 2.41. The average Bonchev–Trinajstić information content (AvgIpc) is 3.39. The Morgan fingerprint density at radius 2 is 1.81 bits per heavy atom. The summed E-state index contributed by atoms with van der Waals surface area (Å²) in [4.78, 5) is 19.4. The molecule has 0 aliphatic carbocycles. The molecule has 0 unspecified atom stereocenters. The van der Waals surface area contributed by atoms with Gasteiger partial charge < -0.3 is 18.9 Å². The van der Waals surface area contributed by atoms with Gasteiger partial charge in [0.15, 0.2) is 5.79 Å². The van der Waals surface area contributed by atoms with Gasteiger partial charge in [-0.1, -0.05) is 23.4 Å². The minimum absolute atomic E-state index is 0.000800. The zero-order valence-corrected chi connectivity index (χ0v) is 17.2. The largest absolute Gasteiger partial charge is 0.417 e. The molecule has 4 heterocycles. The first-order chi connectivity index (χ1) is 15.3. The topological polar surface area (TPSA) is 77.7 Å². The average molecular weight is 447 g/mol. The molecule has 1 spiro atoms. The van der Waals surface area contributed by atoms with Crippen LogP contribution >= 0.6 is 0 Å². The number of carbonyl (C=O) groups excluding carboxylic acids is 1. The monoisotopic (exact) mass is 447 g/mol. The Bertz CT molecular complexity index is 1170. The molecule has 168 valence electrons. The van der Waals surface area contributed by atoms with Crippen LogP contribution in [0.25, 0.3) is 22.4 Å². The summed E-state index contributed by atoms with van der Waals surface area (Å²) in [5.41, 5.74) is -0.281. The first-order valence-electron chi connectivity index (χ1n) is 10.3. The van der Waals surface area contributed by atoms with E-state index in [0.29, 0.717) is 50.2 Å². The predicted octanol–water partition coefficient (Wildman–Crippen LogP) is 4.20. The number of nitrogens with zero attached hydrogens (tertiary/aromatic N) is 3. The Morgan fingerprint density at radius 1 is 1.12 bits per heavy atom. The maximum atomic E-state index is 13.6. The standard InChI is InChI=1S/C22H20F3N3O4/c1-13-18-15(20(29)28-8-6-21(7-9-28)30-10-11-31-21)12-17(26-19(18)32-27-13)14-4-2-3-5-16(14)22(23,24)25/h2-5,12H,6-11H2,1H3. The summed E-state index contributed by atoms with van der Waals surface area (Å²) in [6.07, 6.45) is -3.52. The lowest BCUT2D eigenvalue weighted by atomic mass is 9.99. The van der Waals surface area contributed by atoms with Crippen molar-refractivity contribution >= 4 is 17.0 Å². The molecule has 10 heteroatoms. The summed E-state index contributed by atoms with van der Waals surface area (Å²) >= 11 is 0. The fourth-order valence-corrected chi connectivity index (χ4v) is 4.36. The van der Waals surface area contributed by atoms with Crippen molar-refractivity contribution in [2.75, 3.05) is 26.3 Å². The van der Waals surface area contributed by atoms with Crippen molar-refractivity contribution in [2.24, 2.45) is 0 Å². The number of hydrogen-bond acceptors (Lipinski definition) is 6. The summed E-state index contributed by atoms with van der Waals surface area (Å²) in [5, 5.41) is 4.28. The van der Waals surface area contributed by atoms with Crippen LogP contribution in [0.4, 0.5) is 13.2 Å². The first kappa shape index (κ1) is 20.9. The molecule has 1 aromatic carbocycles. The Balaban J connectivity index is 1.55. The van der Waals surface area contributed by atoms with E-state index < -0.39 is 17.5 Å². The van der Waals surface area contributed by atoms with Gasteiger partial charge in [0.1, 0.15) is 0 Å². The van der Waals surface area contributed by atoms with Crippen molar-refractivity contribution in [2.45, 2.75) is 31.7 Å². The molecule has 0 N–H and O–H groups in total. The van der Waals surface area contributed by atoms with E-state index in [2.05, 4.69) is 10.1 Å². The molecule has 5 rings (SSSR count). The number of likely N-dealkylation sites (tertiary alicyclic amines) is 1. The van der Waals surface area contributed by atoms with Crippen LogP contribution < -0.4 is 0 Å². The molecule has 0 saturated carbocycles. The Hall–Kier alpha value is -2.98. The number of pyridine rings is 1. The van der Waals surface area contributed by atoms with E-state index in [4.69, 9.17) is 14.0 Å². The summed E-state index contributed by atoms with van der Waals surface area (Å²) < 4.78 is 57.4. The van der Waals surface area contributed by atoms with E-state index in [1.165, 1.54) is 24.3 Å². The highest BCUT2D eigenvalue weighted by atomic mass is 19.4. The third-order valence-corrected chi connectivity index (χ3v) is 5.98. The van der Waals surface area contributed by atoms with E-state index in [9.17, 15) is 18.0 Å². The van der Waals surface area contributed by atoms with Crippen LogP contribution in [0, 0.1) is 6.92 Å². The highest BCUT2D eigenvalue weighted by molar-refractivity contribution is 6.07. The Labute approximate surface area is 181 Å². The van der Waals surface area contributed by atoms with Crippen molar-refractivity contribution in [3.63, 3.8) is 0 Å². The number of amides is 1. The highest BCUT2D eigenvalue weighted by Crippen LogP contribution is 2.38. The van der Waals surface area contributed by atoms with E-state index in [1.807, 2.05) is 0 Å². The first-order valence-corrected chi connectivity index (χ1v) is 10.3. The second kappa shape index (κ2) is 7.56. The third-order valence-electron chi connectivity index (χ3n) is 5.98. The molecule has 0 atom stereocenters. The number of piperidine rings is 1. The molecule has 32 heavy (non-hydrogen) atoms. The van der Waals surface area contributed by atoms with Crippen LogP contribution in [0.1, 0.15) is 34.5 Å². The van der Waals surface area contributed by atoms with Crippen LogP contribution in [0.15, 0.2) is 34.9 Å². The Morgan fingerprint density at radius 3 is 2.50 bits per heavy atom. The van der Waals surface area contributed by atoms with Gasteiger partial charge in [-0.3, -0.25) is 4.79 Å². The fourth-order valence-electron chi connectivity index (χ4n) is 4.36. The maximum absolute atomic E-state index is 13.6. The van der Waals surface area contributed by atoms with E-state index >= 15 is 0 Å². The minimum Gasteiger partial charge on any atom is -0.347 e. The second-order valence-electron chi connectivity index (χ2n) is 7.95. The minimum atomic E-state index is -4.57. The molecule has 2 fully saturated rings. The van der Waals surface area contributed by atoms with Gasteiger partial charge in [-0.25, -0.2) is 4.98 Å². The van der Waals surface area contributed by atoms with Crippen molar-refractivity contribution in [1.82, 2.24) is 15.0 Å². The maximum Gasteiger partial charge on any atom is 0.417 e. The van der Waals surface area contributed by atoms with Crippen LogP contribution in [0.3, 0.4) is 0 Å². The smallest absolute Gasteiger partial charge is 0.347 e. The van der Waals surface area contributed by atoms with Crippen LogP contribution in [-0.4, -0.2) is 53.0 Å². The van der Waals surface area contributed by atoms with Gasteiger partial charge in [0, 0.05) is 31.5 Å². The van der Waals surface area contributed by atoms with Gasteiger partial charge in [-0.2, -0.15) is 13.2 Å². The summed E-state index contributed by atoms with van der Waals surface area (Å²) in [5.74, 6) is -0.962. The number of aromatic nitrogens is 2. The lowest BCUT2D eigenvalue weighted by molar-refractivity contribution is -0.181.